The van der Waals surface area contributed by atoms with E-state index in [4.69, 9.17) is 9.05 Å². The molecule has 0 saturated carbocycles. The first-order valence-electron chi connectivity index (χ1n) is 37.7. The maximum atomic E-state index is 13.1. The summed E-state index contributed by atoms with van der Waals surface area (Å²) in [6.07, 6.45) is 109. The molecule has 3 N–H and O–H groups in total. The van der Waals surface area contributed by atoms with Crippen LogP contribution in [0.2, 0.25) is 0 Å². The number of phosphoric acid groups is 1. The minimum Gasteiger partial charge on any atom is -0.387 e. The molecule has 0 aromatic heterocycles. The van der Waals surface area contributed by atoms with Crippen molar-refractivity contribution in [3.8, 4) is 0 Å². The van der Waals surface area contributed by atoms with Crippen LogP contribution >= 0.6 is 7.82 Å². The number of nitrogens with one attached hydrogen (secondary N) is 1. The smallest absolute Gasteiger partial charge is 0.387 e. The number of likely N-dealkylation sites (N-methyl/N-ethyl adjacent to an activating group) is 1. The molecule has 0 aliphatic carbocycles. The van der Waals surface area contributed by atoms with E-state index in [1.54, 1.807) is 6.08 Å². The lowest BCUT2D eigenvalue weighted by molar-refractivity contribution is -0.870. The van der Waals surface area contributed by atoms with Gasteiger partial charge in [0.25, 0.3) is 0 Å². The van der Waals surface area contributed by atoms with E-state index >= 15 is 0 Å². The van der Waals surface area contributed by atoms with E-state index in [0.717, 1.165) is 103 Å². The molecular formula is C82H144N2O6P+. The van der Waals surface area contributed by atoms with Crippen LogP contribution in [0.3, 0.4) is 0 Å². The second-order valence-corrected chi connectivity index (χ2v) is 27.7. The first kappa shape index (κ1) is 87.4. The number of aliphatic hydroxyl groups excluding tert-OH is 1. The summed E-state index contributed by atoms with van der Waals surface area (Å²) in [6, 6.07) is -0.881. The number of quaternary nitrogens is 1. The van der Waals surface area contributed by atoms with Crippen LogP contribution in [-0.4, -0.2) is 73.4 Å². The zero-order valence-electron chi connectivity index (χ0n) is 59.8. The summed E-state index contributed by atoms with van der Waals surface area (Å²) in [6.45, 7) is 4.69. The summed E-state index contributed by atoms with van der Waals surface area (Å²) in [7, 11) is 1.54. The lowest BCUT2D eigenvalue weighted by Crippen LogP contribution is -2.45. The molecule has 0 rings (SSSR count). The molecule has 1 amide bonds. The van der Waals surface area contributed by atoms with Crippen LogP contribution in [-0.2, 0) is 18.4 Å². The van der Waals surface area contributed by atoms with Gasteiger partial charge in [-0.1, -0.05) is 339 Å². The minimum atomic E-state index is -4.38. The zero-order valence-corrected chi connectivity index (χ0v) is 60.7. The molecule has 3 atom stereocenters. The predicted octanol–water partition coefficient (Wildman–Crippen LogP) is 24.7. The van der Waals surface area contributed by atoms with Gasteiger partial charge in [0.15, 0.2) is 0 Å². The number of hydrogen-bond acceptors (Lipinski definition) is 5. The average Bonchev–Trinajstić information content (AvgIpc) is 3.59. The third-order valence-corrected chi connectivity index (χ3v) is 17.3. The van der Waals surface area contributed by atoms with Crippen molar-refractivity contribution in [1.29, 1.82) is 0 Å². The van der Waals surface area contributed by atoms with Crippen LogP contribution in [0.1, 0.15) is 316 Å². The molecule has 0 radical (unpaired) electrons. The van der Waals surface area contributed by atoms with Gasteiger partial charge in [0.2, 0.25) is 5.91 Å². The Morgan fingerprint density at radius 2 is 0.670 bits per heavy atom. The van der Waals surface area contributed by atoms with Crippen molar-refractivity contribution in [2.45, 2.75) is 328 Å². The van der Waals surface area contributed by atoms with Gasteiger partial charge in [-0.05, 0) is 116 Å². The van der Waals surface area contributed by atoms with Crippen molar-refractivity contribution in [2.75, 3.05) is 40.9 Å². The van der Waals surface area contributed by atoms with E-state index in [9.17, 15) is 19.4 Å². The van der Waals surface area contributed by atoms with Crippen molar-refractivity contribution in [3.63, 3.8) is 0 Å². The Kier molecular flexibility index (Phi) is 67.9. The first-order valence-corrected chi connectivity index (χ1v) is 39.2. The number of phosphoric ester groups is 1. The molecule has 0 spiro atoms. The third-order valence-electron chi connectivity index (χ3n) is 16.3. The predicted molar refractivity (Wildman–Crippen MR) is 401 cm³/mol. The second-order valence-electron chi connectivity index (χ2n) is 26.3. The van der Waals surface area contributed by atoms with Crippen LogP contribution in [0.25, 0.3) is 0 Å². The fourth-order valence-corrected chi connectivity index (χ4v) is 11.2. The highest BCUT2D eigenvalue weighted by atomic mass is 31.2. The standard InChI is InChI=1S/C82H143N2O6P/c1-6-8-10-12-14-16-18-20-22-24-26-28-30-32-34-36-37-38-39-40-41-42-43-44-45-46-47-48-50-52-54-56-58-60-62-64-66-68-70-72-74-76-82(86)83-80(79-90-91(87,88)89-78-77-84(3,4)5)81(85)75-73-71-69-67-65-63-61-59-57-55-53-51-49-35-33-31-29-27-25-23-21-19-17-15-13-11-9-7-2/h8,10,14,16,20,22,26,28,32,34,37-38,40-41,43-44,46-47,57,59,65,67,73,75,80-81,85H,6-7,9,11-13,15,17-19,21,23-25,27,29-31,33,35-36,39,42,45,48-56,58,60-64,66,68-72,74,76-79H2,1-5H3,(H-,83,86,87,88)/p+1/b10-8-,16-14-,22-20-,28-26-,34-32-,38-37-,41-40-,44-43-,47-46-,59-57+,67-65+,75-73+. The Morgan fingerprint density at radius 1 is 0.385 bits per heavy atom. The lowest BCUT2D eigenvalue weighted by Gasteiger charge is -2.25. The molecule has 0 fully saturated rings. The van der Waals surface area contributed by atoms with E-state index in [-0.39, 0.29) is 19.1 Å². The number of amides is 1. The molecule has 0 aromatic carbocycles. The quantitative estimate of drug-likeness (QED) is 0.0243. The maximum absolute atomic E-state index is 13.1. The van der Waals surface area contributed by atoms with Crippen LogP contribution < -0.4 is 5.32 Å². The SMILES string of the molecule is CC/C=C\C/C=C\C/C=C\C/C=C\C/C=C\C/C=C\C/C=C\C/C=C\C/C=C\CCCCCCCCCCCCCCCC(=O)NC(COP(=O)(O)OCC[N+](C)(C)C)C(O)/C=C/CC/C=C/CC/C=C/CCCCCCCCCCCCCCCCCCCC. The highest BCUT2D eigenvalue weighted by Crippen LogP contribution is 2.43. The number of hydrogen-bond donors (Lipinski definition) is 3. The van der Waals surface area contributed by atoms with E-state index in [0.29, 0.717) is 17.4 Å². The van der Waals surface area contributed by atoms with E-state index in [1.165, 1.54) is 193 Å². The number of rotatable bonds is 68. The fraction of sp³-hybridized carbons (Fsp3) is 0.695. The van der Waals surface area contributed by atoms with Gasteiger partial charge in [0.05, 0.1) is 39.9 Å². The van der Waals surface area contributed by atoms with Crippen LogP contribution in [0.4, 0.5) is 0 Å². The summed E-state index contributed by atoms with van der Waals surface area (Å²) in [4.78, 5) is 23.5. The van der Waals surface area contributed by atoms with Gasteiger partial charge in [-0.15, -0.1) is 0 Å². The van der Waals surface area contributed by atoms with Crippen LogP contribution in [0.5, 0.6) is 0 Å². The molecule has 0 bridgehead atoms. The molecule has 9 heteroatoms. The zero-order chi connectivity index (χ0) is 66.2. The molecule has 0 saturated heterocycles. The molecule has 8 nitrogen and oxygen atoms in total. The Labute approximate surface area is 563 Å². The minimum absolute atomic E-state index is 0.0477. The molecule has 0 aliphatic heterocycles. The Balaban J connectivity index is 4.11. The van der Waals surface area contributed by atoms with Crippen LogP contribution in [0, 0.1) is 0 Å². The van der Waals surface area contributed by atoms with Gasteiger partial charge in [-0.2, -0.15) is 0 Å². The van der Waals surface area contributed by atoms with Crippen molar-refractivity contribution >= 4 is 13.7 Å². The second kappa shape index (κ2) is 70.7. The molecule has 3 unspecified atom stereocenters. The molecule has 0 aromatic rings. The maximum Gasteiger partial charge on any atom is 0.472 e. The molecule has 0 aliphatic rings. The number of nitrogens with zero attached hydrogens (tertiary/aromatic N) is 1. The molecule has 91 heavy (non-hydrogen) atoms. The molecular weight excluding hydrogens is 1140 g/mol. The largest absolute Gasteiger partial charge is 0.472 e. The number of carbonyl (C=O) groups excluding carboxylic acids is 1. The van der Waals surface area contributed by atoms with Crippen molar-refractivity contribution in [3.05, 3.63) is 146 Å². The summed E-state index contributed by atoms with van der Waals surface area (Å²) in [5, 5.41) is 14.0. The van der Waals surface area contributed by atoms with Crippen molar-refractivity contribution < 1.29 is 32.9 Å². The van der Waals surface area contributed by atoms with Gasteiger partial charge in [0.1, 0.15) is 13.2 Å². The molecule has 522 valence electrons. The summed E-state index contributed by atoms with van der Waals surface area (Å²) in [5.74, 6) is -0.195. The normalized spacial score (nSPS) is 14.4. The number of aliphatic hydroxyl groups is 1. The van der Waals surface area contributed by atoms with E-state index in [1.807, 2.05) is 27.2 Å². The fourth-order valence-electron chi connectivity index (χ4n) is 10.5. The Bertz CT molecular complexity index is 2000. The van der Waals surface area contributed by atoms with Crippen molar-refractivity contribution in [2.24, 2.45) is 0 Å². The lowest BCUT2D eigenvalue weighted by atomic mass is 10.0. The van der Waals surface area contributed by atoms with Gasteiger partial charge in [-0.25, -0.2) is 4.57 Å². The van der Waals surface area contributed by atoms with Crippen molar-refractivity contribution in [1.82, 2.24) is 5.32 Å². The Hall–Kier alpha value is -3.62. The van der Waals surface area contributed by atoms with E-state index in [2.05, 4.69) is 153 Å². The summed E-state index contributed by atoms with van der Waals surface area (Å²) in [5.41, 5.74) is 0. The van der Waals surface area contributed by atoms with E-state index < -0.39 is 20.0 Å². The summed E-state index contributed by atoms with van der Waals surface area (Å²) >= 11 is 0. The molecule has 0 heterocycles. The highest BCUT2D eigenvalue weighted by molar-refractivity contribution is 7.47. The number of carbonyl (C=O) groups is 1. The van der Waals surface area contributed by atoms with Gasteiger partial charge in [-0.3, -0.25) is 13.8 Å². The highest BCUT2D eigenvalue weighted by Gasteiger charge is 2.28. The Morgan fingerprint density at radius 3 is 1.01 bits per heavy atom. The third kappa shape index (κ3) is 73.7. The van der Waals surface area contributed by atoms with Gasteiger partial charge < -0.3 is 19.8 Å². The topological polar surface area (TPSA) is 105 Å². The van der Waals surface area contributed by atoms with Crippen LogP contribution in [0.15, 0.2) is 146 Å². The van der Waals surface area contributed by atoms with Gasteiger partial charge in [0, 0.05) is 6.42 Å². The monoisotopic (exact) mass is 1280 g/mol. The average molecular weight is 1290 g/mol. The summed E-state index contributed by atoms with van der Waals surface area (Å²) < 4.78 is 23.8. The van der Waals surface area contributed by atoms with Gasteiger partial charge >= 0.3 is 7.82 Å². The number of unbranched alkanes of at least 4 members (excludes halogenated alkanes) is 33. The first-order chi connectivity index (χ1) is 44.5. The number of allylic oxidation sites excluding steroid dienone is 23.